The Morgan fingerprint density at radius 3 is 1.84 bits per heavy atom. The summed E-state index contributed by atoms with van der Waals surface area (Å²) >= 11 is 7.04. The van der Waals surface area contributed by atoms with E-state index < -0.39 is 11.2 Å². The van der Waals surface area contributed by atoms with Gasteiger partial charge in [0.2, 0.25) is 5.60 Å². The van der Waals surface area contributed by atoms with Crippen LogP contribution in [0.5, 0.6) is 0 Å². The third-order valence-corrected chi connectivity index (χ3v) is 10.4. The summed E-state index contributed by atoms with van der Waals surface area (Å²) in [5.74, 6) is -0.0781. The summed E-state index contributed by atoms with van der Waals surface area (Å²) in [6.45, 7) is 2.62. The van der Waals surface area contributed by atoms with Crippen molar-refractivity contribution in [3.05, 3.63) is 71.8 Å². The molecule has 2 aromatic carbocycles. The van der Waals surface area contributed by atoms with Crippen LogP contribution < -0.4 is 12.4 Å². The first-order valence-electron chi connectivity index (χ1n) is 14.6. The molecule has 0 radical (unpaired) electrons. The van der Waals surface area contributed by atoms with E-state index in [2.05, 4.69) is 0 Å². The SMILES string of the molecule is O=C(OC1CC2CCC(C1)[N+]21CCCC1)C(OC(Cl)C1CCCCC1)(c1ccccc1)c1ccccc1.[Cl-]. The Balaban J connectivity index is 0.00000294. The number of carbonyl (C=O) groups is 1. The molecule has 3 saturated heterocycles. The molecular formula is C32H41Cl2NO3. The van der Waals surface area contributed by atoms with Crippen molar-refractivity contribution in [3.63, 3.8) is 0 Å². The van der Waals surface area contributed by atoms with Gasteiger partial charge in [-0.25, -0.2) is 4.79 Å². The van der Waals surface area contributed by atoms with E-state index in [0.717, 1.165) is 49.7 Å². The van der Waals surface area contributed by atoms with Gasteiger partial charge in [-0.1, -0.05) is 91.5 Å². The molecule has 3 atom stereocenters. The van der Waals surface area contributed by atoms with E-state index in [9.17, 15) is 4.79 Å². The van der Waals surface area contributed by atoms with Gasteiger partial charge in [-0.3, -0.25) is 0 Å². The van der Waals surface area contributed by atoms with Gasteiger partial charge in [0.25, 0.3) is 0 Å². The molecule has 2 aromatic rings. The van der Waals surface area contributed by atoms with Crippen molar-refractivity contribution < 1.29 is 31.2 Å². The zero-order chi connectivity index (χ0) is 25.3. The summed E-state index contributed by atoms with van der Waals surface area (Å²) in [7, 11) is 0. The Labute approximate surface area is 239 Å². The zero-order valence-electron chi connectivity index (χ0n) is 22.3. The number of hydrogen-bond acceptors (Lipinski definition) is 3. The number of rotatable bonds is 7. The standard InChI is InChI=1S/C32H41ClNO3.ClH/c33-30(24-12-4-1-5-13-24)37-32(25-14-6-2-7-15-25,26-16-8-3-9-17-26)31(35)36-29-22-27-18-19-28(23-29)34(27)20-10-11-21-34;/h2-3,6-9,14-17,24,27-30H,1,4-5,10-13,18-23H2;1H/q+1;/p-1. The lowest BCUT2D eigenvalue weighted by Gasteiger charge is -2.47. The zero-order valence-corrected chi connectivity index (χ0v) is 23.8. The highest BCUT2D eigenvalue weighted by atomic mass is 35.5. The topological polar surface area (TPSA) is 35.5 Å². The molecule has 3 heterocycles. The highest BCUT2D eigenvalue weighted by Gasteiger charge is 2.57. The highest BCUT2D eigenvalue weighted by molar-refractivity contribution is 6.20. The number of esters is 1. The molecule has 4 aliphatic rings. The number of piperidine rings is 1. The molecule has 0 N–H and O–H groups in total. The molecular weight excluding hydrogens is 517 g/mol. The summed E-state index contributed by atoms with van der Waals surface area (Å²) in [5, 5.41) is 0. The highest BCUT2D eigenvalue weighted by Crippen LogP contribution is 2.47. The van der Waals surface area contributed by atoms with E-state index in [-0.39, 0.29) is 30.4 Å². The van der Waals surface area contributed by atoms with E-state index in [1.54, 1.807) is 0 Å². The molecule has 0 amide bonds. The first kappa shape index (κ1) is 28.0. The smallest absolute Gasteiger partial charge is 0.348 e. The first-order valence-corrected chi connectivity index (χ1v) is 15.1. The van der Waals surface area contributed by atoms with Gasteiger partial charge in [0.1, 0.15) is 11.7 Å². The minimum absolute atomic E-state index is 0. The molecule has 2 bridgehead atoms. The molecule has 4 nitrogen and oxygen atoms in total. The van der Waals surface area contributed by atoms with Crippen LogP contribution in [0.3, 0.4) is 0 Å². The monoisotopic (exact) mass is 557 g/mol. The number of carbonyl (C=O) groups excluding carboxylic acids is 1. The third-order valence-electron chi connectivity index (χ3n) is 9.99. The number of halogens is 2. The molecule has 206 valence electrons. The van der Waals surface area contributed by atoms with Crippen molar-refractivity contribution >= 4 is 17.6 Å². The van der Waals surface area contributed by atoms with Crippen molar-refractivity contribution in [2.45, 2.75) is 100.0 Å². The Kier molecular flexibility index (Phi) is 8.74. The molecule has 3 aliphatic heterocycles. The van der Waals surface area contributed by atoms with Crippen LogP contribution >= 0.6 is 11.6 Å². The Hall–Kier alpha value is -1.59. The second kappa shape index (κ2) is 11.9. The van der Waals surface area contributed by atoms with Gasteiger partial charge in [-0.15, -0.1) is 0 Å². The summed E-state index contributed by atoms with van der Waals surface area (Å²) in [4.78, 5) is 14.5. The predicted molar refractivity (Wildman–Crippen MR) is 146 cm³/mol. The second-order valence-electron chi connectivity index (χ2n) is 11.9. The number of hydrogen-bond donors (Lipinski definition) is 0. The van der Waals surface area contributed by atoms with Crippen LogP contribution in [0.25, 0.3) is 0 Å². The lowest BCUT2D eigenvalue weighted by atomic mass is 9.84. The molecule has 1 aliphatic carbocycles. The van der Waals surface area contributed by atoms with Gasteiger partial charge < -0.3 is 26.4 Å². The van der Waals surface area contributed by atoms with Crippen LogP contribution in [0.1, 0.15) is 81.8 Å². The lowest BCUT2D eigenvalue weighted by Crippen LogP contribution is -3.00. The quantitative estimate of drug-likeness (QED) is 0.294. The largest absolute Gasteiger partial charge is 1.00 e. The molecule has 6 rings (SSSR count). The van der Waals surface area contributed by atoms with E-state index in [1.807, 2.05) is 60.7 Å². The number of ether oxygens (including phenoxy) is 2. The van der Waals surface area contributed by atoms with Gasteiger partial charge in [-0.2, -0.15) is 0 Å². The van der Waals surface area contributed by atoms with Crippen molar-refractivity contribution in [2.75, 3.05) is 13.1 Å². The maximum atomic E-state index is 14.5. The average Bonchev–Trinajstić information content (AvgIpc) is 3.49. The number of benzene rings is 2. The Bertz CT molecular complexity index is 997. The van der Waals surface area contributed by atoms with Crippen molar-refractivity contribution in [3.8, 4) is 0 Å². The Morgan fingerprint density at radius 1 is 0.789 bits per heavy atom. The minimum Gasteiger partial charge on any atom is -1.00 e. The summed E-state index contributed by atoms with van der Waals surface area (Å²) < 4.78 is 14.6. The molecule has 1 saturated carbocycles. The summed E-state index contributed by atoms with van der Waals surface area (Å²) in [6.07, 6.45) is 12.7. The van der Waals surface area contributed by atoms with Gasteiger partial charge in [0, 0.05) is 38.5 Å². The Morgan fingerprint density at radius 2 is 1.32 bits per heavy atom. The fraction of sp³-hybridized carbons (Fsp3) is 0.594. The lowest BCUT2D eigenvalue weighted by molar-refractivity contribution is -0.956. The summed E-state index contributed by atoms with van der Waals surface area (Å²) in [6, 6.07) is 21.0. The number of quaternary nitrogens is 1. The second-order valence-corrected chi connectivity index (χ2v) is 12.4. The van der Waals surface area contributed by atoms with Crippen LogP contribution in [-0.4, -0.2) is 47.3 Å². The van der Waals surface area contributed by atoms with E-state index in [4.69, 9.17) is 21.1 Å². The summed E-state index contributed by atoms with van der Waals surface area (Å²) in [5.41, 5.74) is -0.374. The first-order chi connectivity index (χ1) is 18.1. The maximum absolute atomic E-state index is 14.5. The molecule has 0 aromatic heterocycles. The molecule has 38 heavy (non-hydrogen) atoms. The third kappa shape index (κ3) is 5.03. The maximum Gasteiger partial charge on any atom is 0.348 e. The van der Waals surface area contributed by atoms with Crippen LogP contribution in [-0.2, 0) is 19.9 Å². The fourth-order valence-electron chi connectivity index (χ4n) is 8.13. The molecule has 6 heteroatoms. The normalized spacial score (nSPS) is 27.6. The number of nitrogens with zero attached hydrogens (tertiary/aromatic N) is 1. The molecule has 4 fully saturated rings. The van der Waals surface area contributed by atoms with Crippen LogP contribution in [0.4, 0.5) is 0 Å². The minimum atomic E-state index is -1.39. The van der Waals surface area contributed by atoms with Crippen LogP contribution in [0, 0.1) is 5.92 Å². The average molecular weight is 559 g/mol. The number of alkyl halides is 1. The van der Waals surface area contributed by atoms with E-state index in [0.29, 0.717) is 12.1 Å². The molecule has 1 spiro atoms. The molecule has 3 unspecified atom stereocenters. The van der Waals surface area contributed by atoms with Crippen molar-refractivity contribution in [1.29, 1.82) is 0 Å². The van der Waals surface area contributed by atoms with Crippen molar-refractivity contribution in [1.82, 2.24) is 0 Å². The predicted octanol–water partition coefficient (Wildman–Crippen LogP) is 3.94. The van der Waals surface area contributed by atoms with Crippen LogP contribution in [0.15, 0.2) is 60.7 Å². The van der Waals surface area contributed by atoms with Gasteiger partial charge in [0.05, 0.1) is 25.2 Å². The van der Waals surface area contributed by atoms with Crippen molar-refractivity contribution in [2.24, 2.45) is 5.92 Å². The van der Waals surface area contributed by atoms with Gasteiger partial charge in [0.15, 0.2) is 0 Å². The van der Waals surface area contributed by atoms with E-state index in [1.165, 1.54) is 49.7 Å². The van der Waals surface area contributed by atoms with Gasteiger partial charge >= 0.3 is 5.97 Å². The van der Waals surface area contributed by atoms with E-state index >= 15 is 0 Å². The fourth-order valence-corrected chi connectivity index (χ4v) is 8.52. The van der Waals surface area contributed by atoms with Crippen LogP contribution in [0.2, 0.25) is 0 Å². The van der Waals surface area contributed by atoms with Gasteiger partial charge in [-0.05, 0) is 29.9 Å².